The number of hydrazine groups is 1. The van der Waals surface area contributed by atoms with E-state index in [1.807, 2.05) is 4.90 Å². The van der Waals surface area contributed by atoms with Crippen LogP contribution in [0.25, 0.3) is 0 Å². The predicted molar refractivity (Wildman–Crippen MR) is 73.0 cm³/mol. The summed E-state index contributed by atoms with van der Waals surface area (Å²) in [4.78, 5) is 19.0. The number of nitrogen functional groups attached to an aromatic ring is 1. The van der Waals surface area contributed by atoms with Crippen molar-refractivity contribution in [3.63, 3.8) is 0 Å². The third-order valence-corrected chi connectivity index (χ3v) is 3.44. The smallest absolute Gasteiger partial charge is 0.276 e. The molecular formula is C11H18N6O2. The molecule has 1 aliphatic rings. The van der Waals surface area contributed by atoms with Crippen LogP contribution in [0.15, 0.2) is 12.1 Å². The molecule has 0 saturated carbocycles. The largest absolute Gasteiger partial charge is 0.353 e. The second-order valence-corrected chi connectivity index (χ2v) is 4.75. The molecule has 0 aromatic carbocycles. The molecule has 8 heteroatoms. The third-order valence-electron chi connectivity index (χ3n) is 3.44. The molecular weight excluding hydrogens is 248 g/mol. The van der Waals surface area contributed by atoms with Crippen molar-refractivity contribution in [3.8, 4) is 0 Å². The van der Waals surface area contributed by atoms with Gasteiger partial charge in [-0.1, -0.05) is 0 Å². The minimum Gasteiger partial charge on any atom is -0.353 e. The van der Waals surface area contributed by atoms with Gasteiger partial charge in [0.1, 0.15) is 11.6 Å². The van der Waals surface area contributed by atoms with E-state index in [2.05, 4.69) is 29.3 Å². The quantitative estimate of drug-likeness (QED) is 0.464. The van der Waals surface area contributed by atoms with Gasteiger partial charge < -0.3 is 15.2 Å². The van der Waals surface area contributed by atoms with Crippen LogP contribution < -0.4 is 16.2 Å². The molecule has 2 rings (SSSR count). The SMILES string of the molecule is CC1CN(c2cc([N+](=O)[O-])cc(NN)n2)CCN1C. The molecule has 19 heavy (non-hydrogen) atoms. The number of nitro groups is 1. The lowest BCUT2D eigenvalue weighted by atomic mass is 10.2. The number of likely N-dealkylation sites (N-methyl/N-ethyl adjacent to an activating group) is 1. The van der Waals surface area contributed by atoms with Crippen LogP contribution in [0.2, 0.25) is 0 Å². The van der Waals surface area contributed by atoms with Gasteiger partial charge in [-0.3, -0.25) is 10.1 Å². The lowest BCUT2D eigenvalue weighted by Crippen LogP contribution is -2.50. The highest BCUT2D eigenvalue weighted by molar-refractivity contribution is 5.55. The Labute approximate surface area is 111 Å². The first-order chi connectivity index (χ1) is 9.01. The van der Waals surface area contributed by atoms with Crippen molar-refractivity contribution in [1.82, 2.24) is 9.88 Å². The Morgan fingerprint density at radius 3 is 2.84 bits per heavy atom. The Bertz CT molecular complexity index is 480. The summed E-state index contributed by atoms with van der Waals surface area (Å²) in [5.41, 5.74) is 2.36. The predicted octanol–water partition coefficient (Wildman–Crippen LogP) is 0.416. The lowest BCUT2D eigenvalue weighted by Gasteiger charge is -2.38. The van der Waals surface area contributed by atoms with E-state index in [1.165, 1.54) is 12.1 Å². The highest BCUT2D eigenvalue weighted by Gasteiger charge is 2.23. The van der Waals surface area contributed by atoms with Gasteiger partial charge in [0.25, 0.3) is 5.69 Å². The fourth-order valence-corrected chi connectivity index (χ4v) is 2.10. The van der Waals surface area contributed by atoms with Crippen LogP contribution in [0.3, 0.4) is 0 Å². The summed E-state index contributed by atoms with van der Waals surface area (Å²) in [6, 6.07) is 3.19. The minimum absolute atomic E-state index is 0.00969. The number of anilines is 2. The first-order valence-corrected chi connectivity index (χ1v) is 6.09. The highest BCUT2D eigenvalue weighted by atomic mass is 16.6. The van der Waals surface area contributed by atoms with E-state index in [0.29, 0.717) is 17.7 Å². The number of hydrogen-bond donors (Lipinski definition) is 2. The maximum Gasteiger partial charge on any atom is 0.276 e. The Hall–Kier alpha value is -1.93. The molecule has 1 atom stereocenters. The van der Waals surface area contributed by atoms with E-state index < -0.39 is 4.92 Å². The van der Waals surface area contributed by atoms with Gasteiger partial charge in [-0.2, -0.15) is 0 Å². The number of pyridine rings is 1. The monoisotopic (exact) mass is 266 g/mol. The van der Waals surface area contributed by atoms with Gasteiger partial charge in [0.05, 0.1) is 17.1 Å². The molecule has 2 heterocycles. The van der Waals surface area contributed by atoms with E-state index in [0.717, 1.165) is 19.6 Å². The van der Waals surface area contributed by atoms with Gasteiger partial charge in [0, 0.05) is 25.7 Å². The summed E-state index contributed by atoms with van der Waals surface area (Å²) in [6.07, 6.45) is 0. The second-order valence-electron chi connectivity index (χ2n) is 4.75. The first kappa shape index (κ1) is 13.5. The molecule has 1 aromatic heterocycles. The maximum atomic E-state index is 10.9. The number of nitrogens with zero attached hydrogens (tertiary/aromatic N) is 4. The number of hydrogen-bond acceptors (Lipinski definition) is 7. The average Bonchev–Trinajstić information content (AvgIpc) is 2.41. The van der Waals surface area contributed by atoms with Crippen LogP contribution in [-0.4, -0.2) is 47.5 Å². The Morgan fingerprint density at radius 1 is 1.53 bits per heavy atom. The minimum atomic E-state index is -0.439. The van der Waals surface area contributed by atoms with Crippen molar-refractivity contribution < 1.29 is 4.92 Å². The zero-order valence-electron chi connectivity index (χ0n) is 11.0. The summed E-state index contributed by atoms with van der Waals surface area (Å²) in [5, 5.41) is 10.9. The van der Waals surface area contributed by atoms with Gasteiger partial charge >= 0.3 is 0 Å². The van der Waals surface area contributed by atoms with Crippen molar-refractivity contribution >= 4 is 17.3 Å². The lowest BCUT2D eigenvalue weighted by molar-refractivity contribution is -0.384. The maximum absolute atomic E-state index is 10.9. The van der Waals surface area contributed by atoms with E-state index in [9.17, 15) is 10.1 Å². The van der Waals surface area contributed by atoms with Gasteiger partial charge in [-0.15, -0.1) is 0 Å². The van der Waals surface area contributed by atoms with Crippen molar-refractivity contribution in [2.24, 2.45) is 5.84 Å². The first-order valence-electron chi connectivity index (χ1n) is 6.09. The number of rotatable bonds is 3. The summed E-state index contributed by atoms with van der Waals surface area (Å²) >= 11 is 0. The Balaban J connectivity index is 2.28. The van der Waals surface area contributed by atoms with E-state index in [4.69, 9.17) is 5.84 Å². The van der Waals surface area contributed by atoms with Crippen molar-refractivity contribution in [2.75, 3.05) is 37.0 Å². The Morgan fingerprint density at radius 2 is 2.26 bits per heavy atom. The highest BCUT2D eigenvalue weighted by Crippen LogP contribution is 2.24. The van der Waals surface area contributed by atoms with Crippen LogP contribution in [-0.2, 0) is 0 Å². The second kappa shape index (κ2) is 5.37. The average molecular weight is 266 g/mol. The molecule has 0 spiro atoms. The molecule has 0 radical (unpaired) electrons. The van der Waals surface area contributed by atoms with E-state index >= 15 is 0 Å². The topological polar surface area (TPSA) is 101 Å². The number of aromatic nitrogens is 1. The van der Waals surface area contributed by atoms with E-state index in [-0.39, 0.29) is 5.69 Å². The molecule has 1 aliphatic heterocycles. The summed E-state index contributed by atoms with van der Waals surface area (Å²) < 4.78 is 0. The van der Waals surface area contributed by atoms with E-state index in [1.54, 1.807) is 0 Å². The van der Waals surface area contributed by atoms with Crippen molar-refractivity contribution in [3.05, 3.63) is 22.2 Å². The fraction of sp³-hybridized carbons (Fsp3) is 0.545. The molecule has 0 bridgehead atoms. The molecule has 104 valence electrons. The normalized spacial score (nSPS) is 20.4. The molecule has 0 aliphatic carbocycles. The fourth-order valence-electron chi connectivity index (χ4n) is 2.10. The molecule has 8 nitrogen and oxygen atoms in total. The van der Waals surface area contributed by atoms with Crippen molar-refractivity contribution in [1.29, 1.82) is 0 Å². The van der Waals surface area contributed by atoms with Gasteiger partial charge in [0.15, 0.2) is 0 Å². The summed E-state index contributed by atoms with van der Waals surface area (Å²) in [7, 11) is 2.07. The zero-order valence-corrected chi connectivity index (χ0v) is 11.0. The molecule has 1 fully saturated rings. The molecule has 0 amide bonds. The summed E-state index contributed by atoms with van der Waals surface area (Å²) in [6.45, 7) is 4.59. The number of nitrogens with two attached hydrogens (primary N) is 1. The van der Waals surface area contributed by atoms with Crippen LogP contribution in [0.1, 0.15) is 6.92 Å². The van der Waals surface area contributed by atoms with Crippen LogP contribution in [0.5, 0.6) is 0 Å². The molecule has 3 N–H and O–H groups in total. The standard InChI is InChI=1S/C11H18N6O2/c1-8-7-16(4-3-15(8)2)11-6-9(17(18)19)5-10(13-11)14-12/h5-6,8H,3-4,7,12H2,1-2H3,(H,13,14). The van der Waals surface area contributed by atoms with Crippen molar-refractivity contribution in [2.45, 2.75) is 13.0 Å². The van der Waals surface area contributed by atoms with Crippen LogP contribution in [0, 0.1) is 10.1 Å². The molecule has 1 saturated heterocycles. The van der Waals surface area contributed by atoms with Crippen LogP contribution >= 0.6 is 0 Å². The van der Waals surface area contributed by atoms with Gasteiger partial charge in [0.2, 0.25) is 0 Å². The van der Waals surface area contributed by atoms with Gasteiger partial charge in [-0.25, -0.2) is 10.8 Å². The number of nitrogens with one attached hydrogen (secondary N) is 1. The van der Waals surface area contributed by atoms with Crippen LogP contribution in [0.4, 0.5) is 17.3 Å². The molecule has 1 unspecified atom stereocenters. The third kappa shape index (κ3) is 2.91. The Kier molecular flexibility index (Phi) is 3.82. The zero-order chi connectivity index (χ0) is 14.0. The molecule has 1 aromatic rings. The summed E-state index contributed by atoms with van der Waals surface area (Å²) in [5.74, 6) is 6.19. The van der Waals surface area contributed by atoms with Gasteiger partial charge in [-0.05, 0) is 14.0 Å². The number of piperazine rings is 1.